The van der Waals surface area contributed by atoms with Crippen LogP contribution in [0.15, 0.2) is 47.0 Å². The van der Waals surface area contributed by atoms with Crippen LogP contribution < -0.4 is 0 Å². The molecule has 1 fully saturated rings. The van der Waals surface area contributed by atoms with E-state index in [0.717, 1.165) is 0 Å². The highest BCUT2D eigenvalue weighted by Crippen LogP contribution is 2.18. The van der Waals surface area contributed by atoms with Crippen LogP contribution in [-0.2, 0) is 0 Å². The average molecular weight is 350 g/mol. The molecule has 0 spiro atoms. The van der Waals surface area contributed by atoms with Gasteiger partial charge in [-0.1, -0.05) is 6.07 Å². The van der Waals surface area contributed by atoms with Gasteiger partial charge in [0.15, 0.2) is 11.5 Å². The number of aryl methyl sites for hydroxylation is 1. The van der Waals surface area contributed by atoms with Crippen molar-refractivity contribution >= 4 is 22.9 Å². The predicted molar refractivity (Wildman–Crippen MR) is 94.8 cm³/mol. The molecule has 4 rings (SSSR count). The molecule has 7 heteroatoms. The molecular weight excluding hydrogens is 332 g/mol. The largest absolute Gasteiger partial charge is 0.441 e. The molecule has 2 aromatic heterocycles. The third-order valence-corrected chi connectivity index (χ3v) is 4.48. The van der Waals surface area contributed by atoms with Crippen molar-refractivity contribution in [1.29, 1.82) is 0 Å². The minimum absolute atomic E-state index is 0.0579. The van der Waals surface area contributed by atoms with Gasteiger partial charge in [-0.15, -0.1) is 0 Å². The van der Waals surface area contributed by atoms with Crippen molar-refractivity contribution in [3.8, 4) is 0 Å². The van der Waals surface area contributed by atoms with E-state index in [0.29, 0.717) is 54.4 Å². The SMILES string of the molecule is Cc1nc2cc(C(=O)N3CCN(C(=O)c4ccccn4)CC3)ccc2o1. The van der Waals surface area contributed by atoms with Crippen LogP contribution >= 0.6 is 0 Å². The summed E-state index contributed by atoms with van der Waals surface area (Å²) in [7, 11) is 0. The zero-order valence-corrected chi connectivity index (χ0v) is 14.4. The summed E-state index contributed by atoms with van der Waals surface area (Å²) in [5, 5.41) is 0. The molecule has 1 aliphatic rings. The summed E-state index contributed by atoms with van der Waals surface area (Å²) < 4.78 is 5.44. The van der Waals surface area contributed by atoms with Gasteiger partial charge in [0, 0.05) is 44.9 Å². The Hall–Kier alpha value is -3.22. The van der Waals surface area contributed by atoms with Crippen molar-refractivity contribution in [1.82, 2.24) is 19.8 Å². The fourth-order valence-corrected chi connectivity index (χ4v) is 3.12. The van der Waals surface area contributed by atoms with E-state index in [4.69, 9.17) is 4.42 Å². The number of hydrogen-bond donors (Lipinski definition) is 0. The summed E-state index contributed by atoms with van der Waals surface area (Å²) in [5.41, 5.74) is 2.36. The second-order valence-electron chi connectivity index (χ2n) is 6.21. The van der Waals surface area contributed by atoms with Crippen LogP contribution in [0.4, 0.5) is 0 Å². The molecule has 0 atom stereocenters. The van der Waals surface area contributed by atoms with Crippen LogP contribution in [0.25, 0.3) is 11.1 Å². The molecule has 0 radical (unpaired) electrons. The molecule has 0 N–H and O–H groups in total. The zero-order chi connectivity index (χ0) is 18.1. The van der Waals surface area contributed by atoms with Crippen molar-refractivity contribution in [2.45, 2.75) is 6.92 Å². The Bertz CT molecular complexity index is 959. The fourth-order valence-electron chi connectivity index (χ4n) is 3.12. The van der Waals surface area contributed by atoms with Crippen molar-refractivity contribution in [2.24, 2.45) is 0 Å². The molecule has 7 nitrogen and oxygen atoms in total. The molecule has 0 aliphatic carbocycles. The maximum Gasteiger partial charge on any atom is 0.272 e. The molecule has 3 heterocycles. The Morgan fingerprint density at radius 3 is 2.42 bits per heavy atom. The molecule has 0 unspecified atom stereocenters. The first-order valence-corrected chi connectivity index (χ1v) is 8.48. The number of hydrogen-bond acceptors (Lipinski definition) is 5. The number of amides is 2. The van der Waals surface area contributed by atoms with Crippen LogP contribution in [0.5, 0.6) is 0 Å². The highest BCUT2D eigenvalue weighted by Gasteiger charge is 2.26. The minimum atomic E-state index is -0.0998. The van der Waals surface area contributed by atoms with Gasteiger partial charge >= 0.3 is 0 Å². The number of benzene rings is 1. The van der Waals surface area contributed by atoms with E-state index in [1.54, 1.807) is 59.3 Å². The molecule has 2 amide bonds. The number of oxazole rings is 1. The van der Waals surface area contributed by atoms with Gasteiger partial charge in [-0.2, -0.15) is 0 Å². The zero-order valence-electron chi connectivity index (χ0n) is 14.4. The summed E-state index contributed by atoms with van der Waals surface area (Å²) in [6.07, 6.45) is 1.61. The monoisotopic (exact) mass is 350 g/mol. The van der Waals surface area contributed by atoms with Crippen LogP contribution in [-0.4, -0.2) is 57.8 Å². The molecule has 1 aliphatic heterocycles. The fraction of sp³-hybridized carbons (Fsp3) is 0.263. The molecule has 1 aromatic carbocycles. The van der Waals surface area contributed by atoms with E-state index in [2.05, 4.69) is 9.97 Å². The Balaban J connectivity index is 1.43. The number of carbonyl (C=O) groups excluding carboxylic acids is 2. The number of rotatable bonds is 2. The van der Waals surface area contributed by atoms with E-state index in [1.165, 1.54) is 0 Å². The first kappa shape index (κ1) is 16.3. The number of nitrogens with zero attached hydrogens (tertiary/aromatic N) is 4. The predicted octanol–water partition coefficient (Wildman–Crippen LogP) is 2.13. The Morgan fingerprint density at radius 2 is 1.73 bits per heavy atom. The maximum atomic E-state index is 12.7. The first-order chi connectivity index (χ1) is 12.6. The van der Waals surface area contributed by atoms with Gasteiger partial charge in [0.1, 0.15) is 11.2 Å². The van der Waals surface area contributed by atoms with Gasteiger partial charge < -0.3 is 14.2 Å². The number of carbonyl (C=O) groups is 2. The Labute approximate surface area is 150 Å². The maximum absolute atomic E-state index is 12.7. The lowest BCUT2D eigenvalue weighted by atomic mass is 10.1. The van der Waals surface area contributed by atoms with Crippen LogP contribution in [0.2, 0.25) is 0 Å². The highest BCUT2D eigenvalue weighted by molar-refractivity contribution is 5.97. The van der Waals surface area contributed by atoms with E-state index in [-0.39, 0.29) is 11.8 Å². The van der Waals surface area contributed by atoms with Crippen molar-refractivity contribution in [3.05, 3.63) is 59.7 Å². The van der Waals surface area contributed by atoms with Crippen molar-refractivity contribution in [3.63, 3.8) is 0 Å². The number of piperazine rings is 1. The van der Waals surface area contributed by atoms with Gasteiger partial charge in [-0.25, -0.2) is 4.98 Å². The summed E-state index contributed by atoms with van der Waals surface area (Å²) in [5.74, 6) is 0.418. The number of pyridine rings is 1. The lowest BCUT2D eigenvalue weighted by Crippen LogP contribution is -2.50. The summed E-state index contributed by atoms with van der Waals surface area (Å²) in [6, 6.07) is 10.5. The van der Waals surface area contributed by atoms with Crippen LogP contribution in [0, 0.1) is 6.92 Å². The normalized spacial score (nSPS) is 14.7. The molecule has 132 valence electrons. The molecule has 0 saturated carbocycles. The van der Waals surface area contributed by atoms with E-state index in [1.807, 2.05) is 0 Å². The molecule has 3 aromatic rings. The Kier molecular flexibility index (Phi) is 4.12. The van der Waals surface area contributed by atoms with Gasteiger partial charge in [0.2, 0.25) is 0 Å². The van der Waals surface area contributed by atoms with E-state index >= 15 is 0 Å². The third-order valence-electron chi connectivity index (χ3n) is 4.48. The lowest BCUT2D eigenvalue weighted by Gasteiger charge is -2.34. The highest BCUT2D eigenvalue weighted by atomic mass is 16.3. The lowest BCUT2D eigenvalue weighted by molar-refractivity contribution is 0.0532. The van der Waals surface area contributed by atoms with E-state index in [9.17, 15) is 9.59 Å². The second-order valence-corrected chi connectivity index (χ2v) is 6.21. The van der Waals surface area contributed by atoms with Crippen LogP contribution in [0.3, 0.4) is 0 Å². The average Bonchev–Trinajstić information content (AvgIpc) is 3.07. The third kappa shape index (κ3) is 3.03. The smallest absolute Gasteiger partial charge is 0.272 e. The van der Waals surface area contributed by atoms with Crippen molar-refractivity contribution in [2.75, 3.05) is 26.2 Å². The van der Waals surface area contributed by atoms with Crippen LogP contribution in [0.1, 0.15) is 26.7 Å². The minimum Gasteiger partial charge on any atom is -0.441 e. The van der Waals surface area contributed by atoms with Gasteiger partial charge in [0.25, 0.3) is 11.8 Å². The molecule has 0 bridgehead atoms. The number of fused-ring (bicyclic) bond motifs is 1. The topological polar surface area (TPSA) is 79.5 Å². The number of aromatic nitrogens is 2. The van der Waals surface area contributed by atoms with Gasteiger partial charge in [0.05, 0.1) is 0 Å². The quantitative estimate of drug-likeness (QED) is 0.707. The first-order valence-electron chi connectivity index (χ1n) is 8.48. The summed E-state index contributed by atoms with van der Waals surface area (Å²) >= 11 is 0. The molecular formula is C19H18N4O3. The van der Waals surface area contributed by atoms with E-state index < -0.39 is 0 Å². The molecule has 26 heavy (non-hydrogen) atoms. The standard InChI is InChI=1S/C19H18N4O3/c1-13-21-16-12-14(5-6-17(16)26-13)18(24)22-8-10-23(11-9-22)19(25)15-4-2-3-7-20-15/h2-7,12H,8-11H2,1H3. The Morgan fingerprint density at radius 1 is 1.00 bits per heavy atom. The van der Waals surface area contributed by atoms with Gasteiger partial charge in [-0.3, -0.25) is 14.6 Å². The second kappa shape index (κ2) is 6.59. The van der Waals surface area contributed by atoms with Gasteiger partial charge in [-0.05, 0) is 30.3 Å². The molecule has 1 saturated heterocycles. The van der Waals surface area contributed by atoms with Crippen molar-refractivity contribution < 1.29 is 14.0 Å². The summed E-state index contributed by atoms with van der Waals surface area (Å²) in [4.78, 5) is 37.0. The summed E-state index contributed by atoms with van der Waals surface area (Å²) in [6.45, 7) is 3.75.